The minimum Gasteiger partial charge on any atom is -0.491 e. The molecule has 1 fully saturated rings. The lowest BCUT2D eigenvalue weighted by atomic mass is 9.82. The standard InChI is InChI=1S/C30H28F4O3/c1-3-5-18-6-8-19(9-7-18)22-14-15-23(27(32)26(22)31)20-10-12-21(13-11-20)37-30(35)24-16-17-25(36-4-2)29(34)28(24)33/h3,5-9,14-17,20-21H,4,10-13H2,1-2H3/b5-3+. The van der Waals surface area contributed by atoms with Crippen LogP contribution in [0.15, 0.2) is 54.6 Å². The summed E-state index contributed by atoms with van der Waals surface area (Å²) in [7, 11) is 0. The third kappa shape index (κ3) is 5.71. The first kappa shape index (κ1) is 26.5. The second-order valence-electron chi connectivity index (χ2n) is 9.00. The zero-order valence-corrected chi connectivity index (χ0v) is 20.7. The third-order valence-corrected chi connectivity index (χ3v) is 6.65. The molecule has 0 bridgehead atoms. The van der Waals surface area contributed by atoms with Crippen LogP contribution in [0.5, 0.6) is 5.75 Å². The molecular weight excluding hydrogens is 484 g/mol. The average Bonchev–Trinajstić information content (AvgIpc) is 2.90. The largest absolute Gasteiger partial charge is 0.491 e. The van der Waals surface area contributed by atoms with Gasteiger partial charge in [0, 0.05) is 5.56 Å². The first-order chi connectivity index (χ1) is 17.8. The number of esters is 1. The Labute approximate surface area is 213 Å². The second-order valence-corrected chi connectivity index (χ2v) is 9.00. The monoisotopic (exact) mass is 512 g/mol. The topological polar surface area (TPSA) is 35.5 Å². The van der Waals surface area contributed by atoms with Crippen LogP contribution in [0.4, 0.5) is 17.6 Å². The highest BCUT2D eigenvalue weighted by Crippen LogP contribution is 2.38. The van der Waals surface area contributed by atoms with Gasteiger partial charge in [-0.1, -0.05) is 48.6 Å². The fraction of sp³-hybridized carbons (Fsp3) is 0.300. The van der Waals surface area contributed by atoms with Gasteiger partial charge in [-0.25, -0.2) is 18.0 Å². The van der Waals surface area contributed by atoms with Gasteiger partial charge in [0.15, 0.2) is 23.2 Å². The van der Waals surface area contributed by atoms with Crippen molar-refractivity contribution >= 4 is 12.0 Å². The molecule has 7 heteroatoms. The molecule has 0 N–H and O–H groups in total. The highest BCUT2D eigenvalue weighted by molar-refractivity contribution is 5.90. The van der Waals surface area contributed by atoms with Crippen LogP contribution in [-0.2, 0) is 4.74 Å². The van der Waals surface area contributed by atoms with Crippen molar-refractivity contribution in [3.05, 3.63) is 94.6 Å². The molecule has 3 nitrogen and oxygen atoms in total. The normalized spacial score (nSPS) is 17.7. The van der Waals surface area contributed by atoms with Gasteiger partial charge in [-0.15, -0.1) is 0 Å². The van der Waals surface area contributed by atoms with Gasteiger partial charge in [0.25, 0.3) is 0 Å². The number of carbonyl (C=O) groups is 1. The van der Waals surface area contributed by atoms with E-state index in [0.717, 1.165) is 11.6 Å². The molecule has 0 heterocycles. The van der Waals surface area contributed by atoms with Gasteiger partial charge in [-0.05, 0) is 74.3 Å². The lowest BCUT2D eigenvalue weighted by molar-refractivity contribution is 0.0188. The minimum absolute atomic E-state index is 0.153. The van der Waals surface area contributed by atoms with Gasteiger partial charge in [-0.3, -0.25) is 0 Å². The lowest BCUT2D eigenvalue weighted by Gasteiger charge is -2.29. The maximum atomic E-state index is 15.1. The van der Waals surface area contributed by atoms with Crippen LogP contribution >= 0.6 is 0 Å². The number of hydrogen-bond donors (Lipinski definition) is 0. The maximum Gasteiger partial charge on any atom is 0.341 e. The van der Waals surface area contributed by atoms with E-state index in [9.17, 15) is 13.6 Å². The molecule has 0 radical (unpaired) electrons. The first-order valence-corrected chi connectivity index (χ1v) is 12.4. The van der Waals surface area contributed by atoms with Crippen LogP contribution in [-0.4, -0.2) is 18.7 Å². The number of rotatable bonds is 7. The van der Waals surface area contributed by atoms with Gasteiger partial charge in [0.05, 0.1) is 12.2 Å². The summed E-state index contributed by atoms with van der Waals surface area (Å²) in [6, 6.07) is 12.7. The van der Waals surface area contributed by atoms with Gasteiger partial charge in [0.1, 0.15) is 6.10 Å². The van der Waals surface area contributed by atoms with E-state index in [0.29, 0.717) is 31.2 Å². The SMILES string of the molecule is C/C=C/c1ccc(-c2ccc(C3CCC(OC(=O)c4ccc(OCC)c(F)c4F)CC3)c(F)c2F)cc1. The maximum absolute atomic E-state index is 15.1. The van der Waals surface area contributed by atoms with Crippen LogP contribution in [0, 0.1) is 23.3 Å². The zero-order chi connectivity index (χ0) is 26.5. The first-order valence-electron chi connectivity index (χ1n) is 12.4. The van der Waals surface area contributed by atoms with E-state index in [2.05, 4.69) is 0 Å². The molecule has 0 spiro atoms. The van der Waals surface area contributed by atoms with Gasteiger partial charge in [-0.2, -0.15) is 4.39 Å². The molecular formula is C30H28F4O3. The molecule has 194 valence electrons. The molecule has 0 aliphatic heterocycles. The van der Waals surface area contributed by atoms with E-state index in [1.807, 2.05) is 31.2 Å². The van der Waals surface area contributed by atoms with Crippen LogP contribution in [0.25, 0.3) is 17.2 Å². The third-order valence-electron chi connectivity index (χ3n) is 6.65. The summed E-state index contributed by atoms with van der Waals surface area (Å²) in [5.41, 5.74) is 1.53. The number of hydrogen-bond acceptors (Lipinski definition) is 3. The van der Waals surface area contributed by atoms with Crippen molar-refractivity contribution in [1.29, 1.82) is 0 Å². The van der Waals surface area contributed by atoms with E-state index in [-0.39, 0.29) is 29.4 Å². The lowest BCUT2D eigenvalue weighted by Crippen LogP contribution is -2.25. The molecule has 0 unspecified atom stereocenters. The van der Waals surface area contributed by atoms with Crippen LogP contribution in [0.2, 0.25) is 0 Å². The van der Waals surface area contributed by atoms with E-state index in [1.54, 1.807) is 31.2 Å². The molecule has 0 aromatic heterocycles. The molecule has 0 saturated heterocycles. The molecule has 1 aliphatic carbocycles. The van der Waals surface area contributed by atoms with Crippen molar-refractivity contribution in [2.75, 3.05) is 6.61 Å². The van der Waals surface area contributed by atoms with Crippen molar-refractivity contribution in [3.8, 4) is 16.9 Å². The van der Waals surface area contributed by atoms with Crippen molar-refractivity contribution in [3.63, 3.8) is 0 Å². The molecule has 1 saturated carbocycles. The average molecular weight is 513 g/mol. The quantitative estimate of drug-likeness (QED) is 0.236. The predicted molar refractivity (Wildman–Crippen MR) is 134 cm³/mol. The van der Waals surface area contributed by atoms with Gasteiger partial charge < -0.3 is 9.47 Å². The number of carbonyl (C=O) groups excluding carboxylic acids is 1. The van der Waals surface area contributed by atoms with Crippen molar-refractivity contribution in [2.24, 2.45) is 0 Å². The molecule has 3 aromatic carbocycles. The van der Waals surface area contributed by atoms with E-state index < -0.39 is 40.9 Å². The van der Waals surface area contributed by atoms with E-state index in [4.69, 9.17) is 9.47 Å². The summed E-state index contributed by atoms with van der Waals surface area (Å²) in [6.07, 6.45) is 5.01. The van der Waals surface area contributed by atoms with Crippen LogP contribution < -0.4 is 4.74 Å². The molecule has 0 atom stereocenters. The Morgan fingerprint density at radius 3 is 2.22 bits per heavy atom. The zero-order valence-electron chi connectivity index (χ0n) is 20.7. The molecule has 1 aliphatic rings. The second kappa shape index (κ2) is 11.6. The Morgan fingerprint density at radius 1 is 0.865 bits per heavy atom. The molecule has 0 amide bonds. The number of ether oxygens (including phenoxy) is 2. The Morgan fingerprint density at radius 2 is 1.57 bits per heavy atom. The smallest absolute Gasteiger partial charge is 0.341 e. The highest BCUT2D eigenvalue weighted by atomic mass is 19.2. The predicted octanol–water partition coefficient (Wildman–Crippen LogP) is 8.23. The summed E-state index contributed by atoms with van der Waals surface area (Å²) in [5.74, 6) is -5.81. The minimum atomic E-state index is -1.32. The van der Waals surface area contributed by atoms with Crippen molar-refractivity contribution in [1.82, 2.24) is 0 Å². The number of benzene rings is 3. The summed E-state index contributed by atoms with van der Waals surface area (Å²) >= 11 is 0. The van der Waals surface area contributed by atoms with E-state index in [1.165, 1.54) is 6.07 Å². The Hall–Kier alpha value is -3.61. The Bertz CT molecular complexity index is 1290. The number of halogens is 4. The highest BCUT2D eigenvalue weighted by Gasteiger charge is 2.30. The number of allylic oxidation sites excluding steroid dienone is 1. The van der Waals surface area contributed by atoms with Gasteiger partial charge >= 0.3 is 5.97 Å². The van der Waals surface area contributed by atoms with Gasteiger partial charge in [0.2, 0.25) is 5.82 Å². The molecule has 3 aromatic rings. The van der Waals surface area contributed by atoms with Crippen molar-refractivity contribution < 1.29 is 31.8 Å². The van der Waals surface area contributed by atoms with Crippen LogP contribution in [0.1, 0.15) is 66.9 Å². The van der Waals surface area contributed by atoms with E-state index >= 15 is 8.78 Å². The van der Waals surface area contributed by atoms with Crippen LogP contribution in [0.3, 0.4) is 0 Å². The molecule has 4 rings (SSSR count). The summed E-state index contributed by atoms with van der Waals surface area (Å²) < 4.78 is 68.9. The molecule has 37 heavy (non-hydrogen) atoms. The Balaban J connectivity index is 1.41. The fourth-order valence-corrected chi connectivity index (χ4v) is 4.73. The fourth-order valence-electron chi connectivity index (χ4n) is 4.73. The summed E-state index contributed by atoms with van der Waals surface area (Å²) in [5, 5.41) is 0. The summed E-state index contributed by atoms with van der Waals surface area (Å²) in [4.78, 5) is 12.5. The summed E-state index contributed by atoms with van der Waals surface area (Å²) in [6.45, 7) is 3.69. The Kier molecular flexibility index (Phi) is 8.31. The van der Waals surface area contributed by atoms with Crippen molar-refractivity contribution in [2.45, 2.75) is 51.6 Å².